The Morgan fingerprint density at radius 2 is 1.05 bits per heavy atom. The second-order valence-corrected chi connectivity index (χ2v) is 16.3. The maximum Gasteiger partial charge on any atom is 0.178 e. The molecule has 0 unspecified atom stereocenters. The first-order valence-electron chi connectivity index (χ1n) is 16.6. The van der Waals surface area contributed by atoms with Gasteiger partial charge in [0.25, 0.3) is 0 Å². The molecule has 0 N–H and O–H groups in total. The third-order valence-electron chi connectivity index (χ3n) is 8.21. The quantitative estimate of drug-likeness (QED) is 0.0948. The van der Waals surface area contributed by atoms with Gasteiger partial charge in [-0.2, -0.15) is 0 Å². The van der Waals surface area contributed by atoms with E-state index in [4.69, 9.17) is 4.74 Å². The Morgan fingerprint density at radius 1 is 0.568 bits per heavy atom. The van der Waals surface area contributed by atoms with Crippen molar-refractivity contribution in [3.05, 3.63) is 71.8 Å². The third-order valence-corrected chi connectivity index (χ3v) is 12.5. The van der Waals surface area contributed by atoms with Gasteiger partial charge < -0.3 is 4.74 Å². The van der Waals surface area contributed by atoms with Crippen molar-refractivity contribution in [1.82, 2.24) is 0 Å². The molecule has 0 bridgehead atoms. The minimum absolute atomic E-state index is 0.227. The molecule has 0 fully saturated rings. The van der Waals surface area contributed by atoms with Crippen LogP contribution in [-0.2, 0) is 9.84 Å². The molecule has 0 aliphatic rings. The molecule has 2 aromatic heterocycles. The van der Waals surface area contributed by atoms with Gasteiger partial charge in [0.1, 0.15) is 5.75 Å². The van der Waals surface area contributed by atoms with Gasteiger partial charge in [-0.05, 0) is 97.5 Å². The first kappa shape index (κ1) is 34.5. The second kappa shape index (κ2) is 17.3. The van der Waals surface area contributed by atoms with Crippen LogP contribution in [-0.4, -0.2) is 20.8 Å². The molecule has 0 aliphatic carbocycles. The molecular weight excluding hydrogens is 601 g/mol. The van der Waals surface area contributed by atoms with Gasteiger partial charge in [0.2, 0.25) is 0 Å². The Labute approximate surface area is 274 Å². The highest BCUT2D eigenvalue weighted by Gasteiger charge is 2.15. The largest absolute Gasteiger partial charge is 0.493 e. The Morgan fingerprint density at radius 3 is 1.61 bits per heavy atom. The van der Waals surface area contributed by atoms with Crippen molar-refractivity contribution in [3.63, 3.8) is 0 Å². The van der Waals surface area contributed by atoms with Crippen molar-refractivity contribution in [2.24, 2.45) is 0 Å². The lowest BCUT2D eigenvalue weighted by Crippen LogP contribution is -2.06. The van der Waals surface area contributed by atoms with Crippen molar-refractivity contribution < 1.29 is 13.2 Å². The first-order chi connectivity index (χ1) is 21.3. The molecule has 3 nitrogen and oxygen atoms in total. The fourth-order valence-electron chi connectivity index (χ4n) is 5.64. The van der Waals surface area contributed by atoms with E-state index in [9.17, 15) is 8.42 Å². The van der Waals surface area contributed by atoms with Gasteiger partial charge in [-0.25, -0.2) is 8.42 Å². The van der Waals surface area contributed by atoms with E-state index in [2.05, 4.69) is 64.1 Å². The van der Waals surface area contributed by atoms with Crippen LogP contribution in [0, 0.1) is 13.8 Å². The normalized spacial score (nSPS) is 11.7. The molecule has 4 rings (SSSR count). The van der Waals surface area contributed by atoms with E-state index < -0.39 is 9.84 Å². The molecule has 0 atom stereocenters. The van der Waals surface area contributed by atoms with Crippen molar-refractivity contribution in [1.29, 1.82) is 0 Å². The maximum atomic E-state index is 12.7. The minimum Gasteiger partial charge on any atom is -0.493 e. The van der Waals surface area contributed by atoms with E-state index in [1.807, 2.05) is 23.5 Å². The molecule has 6 heteroatoms. The van der Waals surface area contributed by atoms with Crippen LogP contribution in [0.25, 0.3) is 30.6 Å². The van der Waals surface area contributed by atoms with Crippen LogP contribution in [0.4, 0.5) is 0 Å². The number of unbranched alkanes of at least 4 members (excludes halogenated alkanes) is 10. The highest BCUT2D eigenvalue weighted by atomic mass is 32.2. The van der Waals surface area contributed by atoms with E-state index in [0.717, 1.165) is 54.9 Å². The predicted octanol–water partition coefficient (Wildman–Crippen LogP) is 12.3. The van der Waals surface area contributed by atoms with Gasteiger partial charge in [-0.3, -0.25) is 0 Å². The lowest BCUT2D eigenvalue weighted by molar-refractivity contribution is 0.300. The highest BCUT2D eigenvalue weighted by Crippen LogP contribution is 2.41. The summed E-state index contributed by atoms with van der Waals surface area (Å²) < 4.78 is 31.7. The third kappa shape index (κ3) is 9.79. The molecule has 0 aliphatic heterocycles. The molecule has 0 saturated heterocycles. The summed E-state index contributed by atoms with van der Waals surface area (Å²) in [6.07, 6.45) is 14.3. The summed E-state index contributed by atoms with van der Waals surface area (Å²) in [7, 11) is -3.22. The summed E-state index contributed by atoms with van der Waals surface area (Å²) in [6, 6.07) is 20.7. The molecular formula is C38H50O3S3. The van der Waals surface area contributed by atoms with Gasteiger partial charge in [0.15, 0.2) is 9.84 Å². The van der Waals surface area contributed by atoms with Crippen LogP contribution < -0.4 is 4.74 Å². The number of rotatable bonds is 19. The smallest absolute Gasteiger partial charge is 0.178 e. The van der Waals surface area contributed by atoms with Gasteiger partial charge in [-0.15, -0.1) is 22.7 Å². The van der Waals surface area contributed by atoms with Crippen LogP contribution >= 0.6 is 22.7 Å². The second-order valence-electron chi connectivity index (χ2n) is 12.0. The number of hydrogen-bond donors (Lipinski definition) is 0. The molecule has 2 aromatic carbocycles. The van der Waals surface area contributed by atoms with E-state index in [0.29, 0.717) is 4.90 Å². The van der Waals surface area contributed by atoms with Gasteiger partial charge in [-0.1, -0.05) is 90.2 Å². The van der Waals surface area contributed by atoms with E-state index >= 15 is 0 Å². The zero-order valence-electron chi connectivity index (χ0n) is 27.1. The zero-order valence-corrected chi connectivity index (χ0v) is 29.6. The van der Waals surface area contributed by atoms with Crippen molar-refractivity contribution in [2.75, 3.05) is 12.4 Å². The lowest BCUT2D eigenvalue weighted by atomic mass is 10.0. The average Bonchev–Trinajstić information content (AvgIpc) is 3.70. The van der Waals surface area contributed by atoms with E-state index in [1.54, 1.807) is 23.5 Å². The number of thiophene rings is 2. The fraction of sp³-hybridized carbons (Fsp3) is 0.474. The summed E-state index contributed by atoms with van der Waals surface area (Å²) in [5, 5.41) is 0. The van der Waals surface area contributed by atoms with E-state index in [1.165, 1.54) is 76.3 Å². The molecule has 238 valence electrons. The Balaban J connectivity index is 1.34. The summed E-state index contributed by atoms with van der Waals surface area (Å²) in [5.74, 6) is 1.26. The molecule has 0 radical (unpaired) electrons. The van der Waals surface area contributed by atoms with Crippen LogP contribution in [0.15, 0.2) is 65.6 Å². The number of sulfone groups is 1. The Hall–Kier alpha value is -2.41. The monoisotopic (exact) mass is 650 g/mol. The maximum absolute atomic E-state index is 12.7. The molecule has 2 heterocycles. The molecule has 0 saturated carbocycles. The summed E-state index contributed by atoms with van der Waals surface area (Å²) >= 11 is 3.56. The number of hydrogen-bond acceptors (Lipinski definition) is 5. The Bertz CT molecular complexity index is 1520. The molecule has 0 spiro atoms. The fourth-order valence-corrected chi connectivity index (χ4v) is 9.11. The topological polar surface area (TPSA) is 43.4 Å². The molecule has 4 aromatic rings. The van der Waals surface area contributed by atoms with Crippen LogP contribution in [0.1, 0.15) is 102 Å². The zero-order chi connectivity index (χ0) is 31.4. The lowest BCUT2D eigenvalue weighted by Gasteiger charge is -2.14. The van der Waals surface area contributed by atoms with Crippen molar-refractivity contribution in [2.45, 2.75) is 110 Å². The molecule has 0 amide bonds. The van der Waals surface area contributed by atoms with Crippen molar-refractivity contribution >= 4 is 32.5 Å². The standard InChI is InChI=1S/C38H50O3S3/c1-5-7-9-11-12-13-14-15-25-41-38-29(3)27-32(28-30(38)4)35-22-24-37(43-35)36-23-21-34(42-36)31-17-19-33(20-18-31)44(39,40)26-16-10-8-6-2/h17-24,27-28H,5-16,25-26H2,1-4H3. The minimum atomic E-state index is -3.22. The van der Waals surface area contributed by atoms with E-state index in [-0.39, 0.29) is 5.75 Å². The number of ether oxygens (including phenoxy) is 1. The number of benzene rings is 2. The van der Waals surface area contributed by atoms with Gasteiger partial charge in [0.05, 0.1) is 17.3 Å². The van der Waals surface area contributed by atoms with Crippen LogP contribution in [0.3, 0.4) is 0 Å². The predicted molar refractivity (Wildman–Crippen MR) is 192 cm³/mol. The van der Waals surface area contributed by atoms with Gasteiger partial charge in [0, 0.05) is 19.5 Å². The highest BCUT2D eigenvalue weighted by molar-refractivity contribution is 7.91. The number of aryl methyl sites for hydroxylation is 2. The van der Waals surface area contributed by atoms with Crippen molar-refractivity contribution in [3.8, 4) is 36.4 Å². The summed E-state index contributed by atoms with van der Waals surface area (Å²) in [4.78, 5) is 5.29. The van der Waals surface area contributed by atoms with Crippen LogP contribution in [0.5, 0.6) is 5.75 Å². The van der Waals surface area contributed by atoms with Gasteiger partial charge >= 0.3 is 0 Å². The Kier molecular flexibility index (Phi) is 13.6. The average molecular weight is 651 g/mol. The molecule has 44 heavy (non-hydrogen) atoms. The summed E-state index contributed by atoms with van der Waals surface area (Å²) in [5.41, 5.74) is 4.68. The SMILES string of the molecule is CCCCCCCCCCOc1c(C)cc(-c2ccc(-c3ccc(-c4ccc(S(=O)(=O)CCCCCC)cc4)s3)s2)cc1C. The first-order valence-corrected chi connectivity index (χ1v) is 19.9. The van der Waals surface area contributed by atoms with Crippen LogP contribution in [0.2, 0.25) is 0 Å². The summed E-state index contributed by atoms with van der Waals surface area (Å²) in [6.45, 7) is 9.50.